The zero-order valence-corrected chi connectivity index (χ0v) is 10.8. The van der Waals surface area contributed by atoms with Gasteiger partial charge in [0.2, 0.25) is 0 Å². The summed E-state index contributed by atoms with van der Waals surface area (Å²) in [6, 6.07) is 8.59. The predicted molar refractivity (Wildman–Crippen MR) is 68.0 cm³/mol. The molecule has 0 saturated heterocycles. The molecule has 1 aliphatic carbocycles. The third kappa shape index (κ3) is 2.61. The summed E-state index contributed by atoms with van der Waals surface area (Å²) >= 11 is 3.62. The van der Waals surface area contributed by atoms with Gasteiger partial charge in [0.1, 0.15) is 0 Å². The average molecular weight is 268 g/mol. The Bertz CT molecular complexity index is 324. The van der Waals surface area contributed by atoms with Gasteiger partial charge in [-0.2, -0.15) is 0 Å². The Morgan fingerprint density at radius 1 is 1.27 bits per heavy atom. The molecule has 1 aromatic rings. The molecule has 1 saturated carbocycles. The van der Waals surface area contributed by atoms with E-state index >= 15 is 0 Å². The molecule has 1 aliphatic rings. The molecule has 2 rings (SSSR count). The fraction of sp³-hybridized carbons (Fsp3) is 0.538. The molecular weight excluding hydrogens is 250 g/mol. The minimum Gasteiger partial charge on any atom is -0.319 e. The van der Waals surface area contributed by atoms with Crippen LogP contribution in [-0.2, 0) is 6.42 Å². The standard InChI is InChI=1S/C13H18BrN/c1-15-9-12-7-6-10(12)8-11-4-2-3-5-13(11)14/h2-5,10,12,15H,6-9H2,1H3. The number of rotatable bonds is 4. The summed E-state index contributed by atoms with van der Waals surface area (Å²) in [5.41, 5.74) is 1.46. The lowest BCUT2D eigenvalue weighted by atomic mass is 9.71. The third-order valence-electron chi connectivity index (χ3n) is 3.48. The zero-order valence-electron chi connectivity index (χ0n) is 9.17. The second-order valence-electron chi connectivity index (χ2n) is 4.45. The molecule has 0 aliphatic heterocycles. The second-order valence-corrected chi connectivity index (χ2v) is 5.31. The van der Waals surface area contributed by atoms with Crippen LogP contribution in [0.4, 0.5) is 0 Å². The number of hydrogen-bond donors (Lipinski definition) is 1. The molecule has 2 unspecified atom stereocenters. The second kappa shape index (κ2) is 5.13. The molecule has 2 heteroatoms. The van der Waals surface area contributed by atoms with Crippen LogP contribution in [0.2, 0.25) is 0 Å². The van der Waals surface area contributed by atoms with Crippen LogP contribution >= 0.6 is 15.9 Å². The van der Waals surface area contributed by atoms with E-state index in [0.717, 1.165) is 11.8 Å². The van der Waals surface area contributed by atoms with Crippen molar-refractivity contribution in [3.8, 4) is 0 Å². The Morgan fingerprint density at radius 2 is 2.00 bits per heavy atom. The smallest absolute Gasteiger partial charge is 0.0207 e. The molecule has 0 bridgehead atoms. The molecule has 0 heterocycles. The van der Waals surface area contributed by atoms with Crippen molar-refractivity contribution in [2.24, 2.45) is 11.8 Å². The summed E-state index contributed by atoms with van der Waals surface area (Å²) in [5, 5.41) is 3.29. The van der Waals surface area contributed by atoms with Crippen LogP contribution in [0.5, 0.6) is 0 Å². The van der Waals surface area contributed by atoms with Gasteiger partial charge < -0.3 is 5.32 Å². The highest BCUT2D eigenvalue weighted by Gasteiger charge is 2.30. The molecular formula is C13H18BrN. The van der Waals surface area contributed by atoms with E-state index in [-0.39, 0.29) is 0 Å². The number of hydrogen-bond acceptors (Lipinski definition) is 1. The highest BCUT2D eigenvalue weighted by molar-refractivity contribution is 9.10. The van der Waals surface area contributed by atoms with Crippen LogP contribution in [0.1, 0.15) is 18.4 Å². The summed E-state index contributed by atoms with van der Waals surface area (Å²) in [6.45, 7) is 1.18. The molecule has 0 radical (unpaired) electrons. The van der Waals surface area contributed by atoms with E-state index in [1.54, 1.807) is 0 Å². The summed E-state index contributed by atoms with van der Waals surface area (Å²) < 4.78 is 1.26. The zero-order chi connectivity index (χ0) is 10.7. The van der Waals surface area contributed by atoms with Gasteiger partial charge in [-0.15, -0.1) is 0 Å². The van der Waals surface area contributed by atoms with E-state index in [1.165, 1.54) is 35.8 Å². The normalized spacial score (nSPS) is 24.9. The van der Waals surface area contributed by atoms with E-state index in [9.17, 15) is 0 Å². The predicted octanol–water partition coefficient (Wildman–Crippen LogP) is 3.24. The van der Waals surface area contributed by atoms with Crippen LogP contribution in [-0.4, -0.2) is 13.6 Å². The third-order valence-corrected chi connectivity index (χ3v) is 4.25. The average Bonchev–Trinajstić information content (AvgIpc) is 2.23. The Kier molecular flexibility index (Phi) is 3.81. The Balaban J connectivity index is 1.95. The first-order valence-corrected chi connectivity index (χ1v) is 6.48. The summed E-state index contributed by atoms with van der Waals surface area (Å²) in [4.78, 5) is 0. The molecule has 0 spiro atoms. The van der Waals surface area contributed by atoms with Crippen LogP contribution in [0.3, 0.4) is 0 Å². The molecule has 15 heavy (non-hydrogen) atoms. The van der Waals surface area contributed by atoms with Crippen molar-refractivity contribution in [1.82, 2.24) is 5.32 Å². The van der Waals surface area contributed by atoms with Crippen LogP contribution in [0, 0.1) is 11.8 Å². The van der Waals surface area contributed by atoms with Crippen LogP contribution in [0.15, 0.2) is 28.7 Å². The Hall–Kier alpha value is -0.340. The van der Waals surface area contributed by atoms with E-state index in [4.69, 9.17) is 0 Å². The first kappa shape index (κ1) is 11.2. The minimum absolute atomic E-state index is 0.885. The molecule has 1 nitrogen and oxygen atoms in total. The van der Waals surface area contributed by atoms with Gasteiger partial charge in [-0.25, -0.2) is 0 Å². The molecule has 1 aromatic carbocycles. The van der Waals surface area contributed by atoms with Crippen LogP contribution in [0.25, 0.3) is 0 Å². The van der Waals surface area contributed by atoms with Gasteiger partial charge in [-0.3, -0.25) is 0 Å². The van der Waals surface area contributed by atoms with Gasteiger partial charge in [-0.05, 0) is 56.3 Å². The Labute approximate surface area is 100 Å². The molecule has 1 N–H and O–H groups in total. The van der Waals surface area contributed by atoms with E-state index < -0.39 is 0 Å². The Morgan fingerprint density at radius 3 is 2.60 bits per heavy atom. The van der Waals surface area contributed by atoms with Crippen molar-refractivity contribution in [2.75, 3.05) is 13.6 Å². The lowest BCUT2D eigenvalue weighted by molar-refractivity contribution is 0.174. The maximum Gasteiger partial charge on any atom is 0.0207 e. The molecule has 2 atom stereocenters. The molecule has 0 amide bonds. The molecule has 82 valence electrons. The lowest BCUT2D eigenvalue weighted by Gasteiger charge is -2.37. The SMILES string of the molecule is CNCC1CCC1Cc1ccccc1Br. The van der Waals surface area contributed by atoms with Gasteiger partial charge in [0.25, 0.3) is 0 Å². The van der Waals surface area contributed by atoms with Crippen molar-refractivity contribution in [1.29, 1.82) is 0 Å². The van der Waals surface area contributed by atoms with Crippen molar-refractivity contribution >= 4 is 15.9 Å². The molecule has 0 aromatic heterocycles. The maximum absolute atomic E-state index is 3.62. The minimum atomic E-state index is 0.885. The monoisotopic (exact) mass is 267 g/mol. The largest absolute Gasteiger partial charge is 0.319 e. The maximum atomic E-state index is 3.62. The number of halogens is 1. The highest BCUT2D eigenvalue weighted by Crippen LogP contribution is 2.37. The summed E-state index contributed by atoms with van der Waals surface area (Å²) in [7, 11) is 2.05. The first-order valence-electron chi connectivity index (χ1n) is 5.69. The topological polar surface area (TPSA) is 12.0 Å². The summed E-state index contributed by atoms with van der Waals surface area (Å²) in [6.07, 6.45) is 4.03. The van der Waals surface area contributed by atoms with E-state index in [1.807, 2.05) is 7.05 Å². The fourth-order valence-electron chi connectivity index (χ4n) is 2.38. The van der Waals surface area contributed by atoms with Gasteiger partial charge in [0.15, 0.2) is 0 Å². The summed E-state index contributed by atoms with van der Waals surface area (Å²) in [5.74, 6) is 1.78. The lowest BCUT2D eigenvalue weighted by Crippen LogP contribution is -2.35. The van der Waals surface area contributed by atoms with Gasteiger partial charge in [-0.1, -0.05) is 34.1 Å². The van der Waals surface area contributed by atoms with Crippen molar-refractivity contribution in [3.63, 3.8) is 0 Å². The number of benzene rings is 1. The first-order chi connectivity index (χ1) is 7.31. The van der Waals surface area contributed by atoms with Crippen molar-refractivity contribution < 1.29 is 0 Å². The van der Waals surface area contributed by atoms with Crippen LogP contribution < -0.4 is 5.32 Å². The van der Waals surface area contributed by atoms with Crippen molar-refractivity contribution in [2.45, 2.75) is 19.3 Å². The van der Waals surface area contributed by atoms with Crippen molar-refractivity contribution in [3.05, 3.63) is 34.3 Å². The van der Waals surface area contributed by atoms with E-state index in [2.05, 4.69) is 45.5 Å². The van der Waals surface area contributed by atoms with Gasteiger partial charge in [0.05, 0.1) is 0 Å². The van der Waals surface area contributed by atoms with Gasteiger partial charge in [0, 0.05) is 4.47 Å². The molecule has 1 fully saturated rings. The fourth-order valence-corrected chi connectivity index (χ4v) is 2.83. The highest BCUT2D eigenvalue weighted by atomic mass is 79.9. The quantitative estimate of drug-likeness (QED) is 0.884. The van der Waals surface area contributed by atoms with E-state index in [0.29, 0.717) is 0 Å². The number of nitrogens with one attached hydrogen (secondary N) is 1. The van der Waals surface area contributed by atoms with Gasteiger partial charge >= 0.3 is 0 Å².